The lowest BCUT2D eigenvalue weighted by Crippen LogP contribution is -2.20. The third kappa shape index (κ3) is 4.71. The maximum atomic E-state index is 12.0. The molecule has 0 saturated carbocycles. The number of anilines is 1. The molecule has 1 fully saturated rings. The Morgan fingerprint density at radius 1 is 1.08 bits per heavy atom. The van der Waals surface area contributed by atoms with Crippen molar-refractivity contribution in [3.8, 4) is 5.75 Å². The summed E-state index contributed by atoms with van der Waals surface area (Å²) in [6.07, 6.45) is 0. The van der Waals surface area contributed by atoms with Crippen molar-refractivity contribution in [2.45, 2.75) is 18.4 Å². The largest absolute Gasteiger partial charge is 0.484 e. The van der Waals surface area contributed by atoms with Gasteiger partial charge in [-0.3, -0.25) is 4.79 Å². The SMILES string of the molecule is Cc1cc(C)cc(NC(=O)COc2ccc(C3SCCS3)cc2)c1. The van der Waals surface area contributed by atoms with E-state index in [1.165, 1.54) is 17.1 Å². The van der Waals surface area contributed by atoms with E-state index in [1.54, 1.807) is 0 Å². The van der Waals surface area contributed by atoms with Gasteiger partial charge in [0.05, 0.1) is 4.58 Å². The van der Waals surface area contributed by atoms with Crippen LogP contribution in [0.15, 0.2) is 42.5 Å². The molecule has 1 saturated heterocycles. The lowest BCUT2D eigenvalue weighted by atomic mass is 10.1. The van der Waals surface area contributed by atoms with Crippen molar-refractivity contribution in [2.24, 2.45) is 0 Å². The standard InChI is InChI=1S/C19H21NO2S2/c1-13-9-14(2)11-16(10-13)20-18(21)12-22-17-5-3-15(4-6-17)19-23-7-8-24-19/h3-6,9-11,19H,7-8,12H2,1-2H3,(H,20,21). The van der Waals surface area contributed by atoms with Gasteiger partial charge in [-0.25, -0.2) is 0 Å². The summed E-state index contributed by atoms with van der Waals surface area (Å²) in [6, 6.07) is 14.1. The zero-order valence-electron chi connectivity index (χ0n) is 13.9. The Morgan fingerprint density at radius 2 is 1.71 bits per heavy atom. The first kappa shape index (κ1) is 17.2. The number of carbonyl (C=O) groups excluding carboxylic acids is 1. The molecule has 126 valence electrons. The highest BCUT2D eigenvalue weighted by Crippen LogP contribution is 2.45. The van der Waals surface area contributed by atoms with E-state index in [2.05, 4.69) is 23.5 Å². The molecular weight excluding hydrogens is 338 g/mol. The van der Waals surface area contributed by atoms with Gasteiger partial charge >= 0.3 is 0 Å². The highest BCUT2D eigenvalue weighted by Gasteiger charge is 2.18. The number of benzene rings is 2. The maximum Gasteiger partial charge on any atom is 0.262 e. The molecule has 0 unspecified atom stereocenters. The van der Waals surface area contributed by atoms with E-state index in [9.17, 15) is 4.79 Å². The molecule has 1 aliphatic heterocycles. The first-order chi connectivity index (χ1) is 11.6. The number of ether oxygens (including phenoxy) is 1. The van der Waals surface area contributed by atoms with Crippen LogP contribution in [0.3, 0.4) is 0 Å². The van der Waals surface area contributed by atoms with Crippen molar-refractivity contribution in [1.29, 1.82) is 0 Å². The Balaban J connectivity index is 1.52. The Kier molecular flexibility index (Phi) is 5.74. The molecule has 0 aromatic heterocycles. The maximum absolute atomic E-state index is 12.0. The first-order valence-electron chi connectivity index (χ1n) is 7.94. The third-order valence-electron chi connectivity index (χ3n) is 3.65. The molecule has 0 spiro atoms. The van der Waals surface area contributed by atoms with Crippen LogP contribution in [-0.4, -0.2) is 24.0 Å². The molecule has 3 rings (SSSR count). The van der Waals surface area contributed by atoms with Gasteiger partial charge in [-0.05, 0) is 54.8 Å². The fraction of sp³-hybridized carbons (Fsp3) is 0.316. The summed E-state index contributed by atoms with van der Waals surface area (Å²) in [4.78, 5) is 12.0. The summed E-state index contributed by atoms with van der Waals surface area (Å²) < 4.78 is 6.13. The molecule has 3 nitrogen and oxygen atoms in total. The van der Waals surface area contributed by atoms with Gasteiger partial charge in [-0.1, -0.05) is 18.2 Å². The molecule has 1 N–H and O–H groups in total. The second kappa shape index (κ2) is 7.99. The summed E-state index contributed by atoms with van der Waals surface area (Å²) in [5.74, 6) is 3.01. The second-order valence-corrected chi connectivity index (χ2v) is 8.58. The van der Waals surface area contributed by atoms with E-state index >= 15 is 0 Å². The van der Waals surface area contributed by atoms with Crippen LogP contribution in [0.1, 0.15) is 21.3 Å². The van der Waals surface area contributed by atoms with Crippen LogP contribution in [0.4, 0.5) is 5.69 Å². The van der Waals surface area contributed by atoms with Gasteiger partial charge in [0.15, 0.2) is 6.61 Å². The molecule has 0 radical (unpaired) electrons. The van der Waals surface area contributed by atoms with Crippen LogP contribution in [0.25, 0.3) is 0 Å². The average Bonchev–Trinajstić information content (AvgIpc) is 3.07. The lowest BCUT2D eigenvalue weighted by molar-refractivity contribution is -0.118. The number of aryl methyl sites for hydroxylation is 2. The number of amides is 1. The first-order valence-corrected chi connectivity index (χ1v) is 10.0. The number of thioether (sulfide) groups is 2. The van der Waals surface area contributed by atoms with Gasteiger partial charge in [-0.15, -0.1) is 23.5 Å². The van der Waals surface area contributed by atoms with E-state index in [0.29, 0.717) is 4.58 Å². The number of nitrogens with one attached hydrogen (secondary N) is 1. The highest BCUT2D eigenvalue weighted by atomic mass is 32.2. The van der Waals surface area contributed by atoms with Gasteiger partial charge in [0, 0.05) is 17.2 Å². The molecule has 0 aliphatic carbocycles. The van der Waals surface area contributed by atoms with E-state index in [0.717, 1.165) is 22.6 Å². The summed E-state index contributed by atoms with van der Waals surface area (Å²) in [5.41, 5.74) is 4.38. The molecule has 2 aromatic rings. The van der Waals surface area contributed by atoms with Crippen LogP contribution in [0, 0.1) is 13.8 Å². The van der Waals surface area contributed by atoms with Crippen LogP contribution in [0.5, 0.6) is 5.75 Å². The number of carbonyl (C=O) groups is 1. The molecule has 1 heterocycles. The predicted molar refractivity (Wildman–Crippen MR) is 104 cm³/mol. The molecule has 0 bridgehead atoms. The minimum absolute atomic E-state index is 0.0132. The number of hydrogen-bond donors (Lipinski definition) is 1. The van der Waals surface area contributed by atoms with Crippen LogP contribution in [-0.2, 0) is 4.79 Å². The number of hydrogen-bond acceptors (Lipinski definition) is 4. The molecule has 24 heavy (non-hydrogen) atoms. The van der Waals surface area contributed by atoms with Crippen molar-refractivity contribution in [3.05, 3.63) is 59.2 Å². The van der Waals surface area contributed by atoms with Gasteiger partial charge in [0.25, 0.3) is 5.91 Å². The zero-order chi connectivity index (χ0) is 16.9. The van der Waals surface area contributed by atoms with E-state index in [1.807, 2.05) is 61.6 Å². The van der Waals surface area contributed by atoms with E-state index in [-0.39, 0.29) is 12.5 Å². The van der Waals surface area contributed by atoms with Gasteiger partial charge < -0.3 is 10.1 Å². The molecule has 5 heteroatoms. The van der Waals surface area contributed by atoms with E-state index < -0.39 is 0 Å². The normalized spacial score (nSPS) is 14.6. The van der Waals surface area contributed by atoms with Gasteiger partial charge in [-0.2, -0.15) is 0 Å². The Hall–Kier alpha value is -1.59. The van der Waals surface area contributed by atoms with Gasteiger partial charge in [0.2, 0.25) is 0 Å². The molecular formula is C19H21NO2S2. The predicted octanol–water partition coefficient (Wildman–Crippen LogP) is 4.80. The minimum Gasteiger partial charge on any atom is -0.484 e. The van der Waals surface area contributed by atoms with Crippen molar-refractivity contribution in [1.82, 2.24) is 0 Å². The second-order valence-electron chi connectivity index (χ2n) is 5.86. The Morgan fingerprint density at radius 3 is 2.33 bits per heavy atom. The summed E-state index contributed by atoms with van der Waals surface area (Å²) in [6.45, 7) is 4.04. The summed E-state index contributed by atoms with van der Waals surface area (Å²) >= 11 is 3.96. The third-order valence-corrected chi connectivity index (χ3v) is 6.75. The lowest BCUT2D eigenvalue weighted by Gasteiger charge is -2.11. The van der Waals surface area contributed by atoms with Crippen LogP contribution in [0.2, 0.25) is 0 Å². The minimum atomic E-state index is -0.147. The quantitative estimate of drug-likeness (QED) is 0.832. The molecule has 0 atom stereocenters. The fourth-order valence-electron chi connectivity index (χ4n) is 2.66. The smallest absolute Gasteiger partial charge is 0.262 e. The van der Waals surface area contributed by atoms with Crippen molar-refractivity contribution < 1.29 is 9.53 Å². The van der Waals surface area contributed by atoms with Crippen LogP contribution >= 0.6 is 23.5 Å². The molecule has 2 aromatic carbocycles. The van der Waals surface area contributed by atoms with Crippen molar-refractivity contribution in [3.63, 3.8) is 0 Å². The fourth-order valence-corrected chi connectivity index (χ4v) is 5.52. The Bertz CT molecular complexity index is 690. The zero-order valence-corrected chi connectivity index (χ0v) is 15.5. The summed E-state index contributed by atoms with van der Waals surface area (Å²) in [7, 11) is 0. The number of rotatable bonds is 5. The van der Waals surface area contributed by atoms with Gasteiger partial charge in [0.1, 0.15) is 5.75 Å². The molecule has 1 aliphatic rings. The van der Waals surface area contributed by atoms with E-state index in [4.69, 9.17) is 4.74 Å². The Labute approximate surface area is 151 Å². The monoisotopic (exact) mass is 359 g/mol. The topological polar surface area (TPSA) is 38.3 Å². The van der Waals surface area contributed by atoms with Crippen molar-refractivity contribution in [2.75, 3.05) is 23.4 Å². The summed E-state index contributed by atoms with van der Waals surface area (Å²) in [5, 5.41) is 2.88. The van der Waals surface area contributed by atoms with Crippen molar-refractivity contribution >= 4 is 35.1 Å². The molecule has 1 amide bonds. The van der Waals surface area contributed by atoms with Crippen LogP contribution < -0.4 is 10.1 Å². The highest BCUT2D eigenvalue weighted by molar-refractivity contribution is 8.19. The average molecular weight is 360 g/mol.